The van der Waals surface area contributed by atoms with E-state index < -0.39 is 10.0 Å². The number of ether oxygens (including phenoxy) is 2. The molecule has 8 heteroatoms. The number of rotatable bonds is 5. The van der Waals surface area contributed by atoms with Gasteiger partial charge in [0.1, 0.15) is 11.0 Å². The van der Waals surface area contributed by atoms with Crippen molar-refractivity contribution < 1.29 is 17.9 Å². The van der Waals surface area contributed by atoms with Crippen LogP contribution in [0.4, 0.5) is 0 Å². The quantitative estimate of drug-likeness (QED) is 0.618. The Bertz CT molecular complexity index is 1350. The molecule has 36 heavy (non-hydrogen) atoms. The molecular weight excluding hydrogens is 474 g/mol. The molecule has 5 fully saturated rings. The second-order valence-corrected chi connectivity index (χ2v) is 13.8. The summed E-state index contributed by atoms with van der Waals surface area (Å²) in [5.74, 6) is 2.50. The summed E-state index contributed by atoms with van der Waals surface area (Å²) in [4.78, 5) is 7.19. The normalized spacial score (nSPS) is 36.8. The third-order valence-electron chi connectivity index (χ3n) is 10.6. The molecule has 1 aromatic carbocycles. The van der Waals surface area contributed by atoms with Crippen LogP contribution in [0.1, 0.15) is 49.7 Å². The average Bonchev–Trinajstić information content (AvgIpc) is 3.69. The van der Waals surface area contributed by atoms with E-state index in [1.165, 1.54) is 36.7 Å². The van der Waals surface area contributed by atoms with E-state index in [1.807, 2.05) is 0 Å². The number of methoxy groups -OCH3 is 1. The highest BCUT2D eigenvalue weighted by Crippen LogP contribution is 2.72. The molecule has 3 saturated heterocycles. The van der Waals surface area contributed by atoms with Crippen molar-refractivity contribution in [3.63, 3.8) is 0 Å². The number of hydrogen-bond acceptors (Lipinski definition) is 6. The zero-order valence-electron chi connectivity index (χ0n) is 20.7. The molecule has 4 bridgehead atoms. The first-order valence-corrected chi connectivity index (χ1v) is 15.0. The molecule has 0 radical (unpaired) electrons. The predicted octanol–water partition coefficient (Wildman–Crippen LogP) is 3.37. The minimum atomic E-state index is -3.69. The van der Waals surface area contributed by atoms with Crippen molar-refractivity contribution in [1.29, 1.82) is 0 Å². The van der Waals surface area contributed by atoms with Crippen LogP contribution >= 0.6 is 0 Å². The number of likely N-dealkylation sites (tertiary alicyclic amines) is 1. The lowest BCUT2D eigenvalue weighted by Crippen LogP contribution is -2.72. The molecule has 190 valence electrons. The van der Waals surface area contributed by atoms with Crippen LogP contribution in [0.2, 0.25) is 0 Å². The number of pyridine rings is 1. The number of fused-ring (bicyclic) bond motifs is 3. The first-order valence-electron chi connectivity index (χ1n) is 13.5. The van der Waals surface area contributed by atoms with Crippen LogP contribution in [0.15, 0.2) is 41.6 Å². The second kappa shape index (κ2) is 7.23. The Balaban J connectivity index is 1.32. The Morgan fingerprint density at radius 3 is 2.81 bits per heavy atom. The van der Waals surface area contributed by atoms with Crippen LogP contribution in [0, 0.1) is 11.3 Å². The standard InChI is InChI=1S/C28H33N3O4S/c1-34-22-7-6-19-15-23-27-9-8-21(31(14-10-27)36(32,33)20-3-2-12-29-16-20)26-28(27,24(19)25(22)35-26)11-13-30(23)17-18-4-5-18/h2-3,6-7,12,16,18,21,23,26H,4-5,8-11,13-15,17H2,1H3/t21-,23-,26+,27-,28+/m1/s1. The molecule has 0 N–H and O–H groups in total. The molecule has 2 saturated carbocycles. The molecule has 2 aromatic rings. The molecule has 7 nitrogen and oxygen atoms in total. The lowest BCUT2D eigenvalue weighted by atomic mass is 9.42. The molecule has 4 aliphatic heterocycles. The largest absolute Gasteiger partial charge is 0.493 e. The topological polar surface area (TPSA) is 72.0 Å². The Labute approximate surface area is 212 Å². The van der Waals surface area contributed by atoms with Crippen LogP contribution in [0.5, 0.6) is 11.5 Å². The summed E-state index contributed by atoms with van der Waals surface area (Å²) in [6, 6.07) is 7.94. The van der Waals surface area contributed by atoms with Crippen molar-refractivity contribution in [1.82, 2.24) is 14.2 Å². The number of nitrogens with zero attached hydrogens (tertiary/aromatic N) is 3. The maximum absolute atomic E-state index is 14.0. The van der Waals surface area contributed by atoms with E-state index in [4.69, 9.17) is 9.47 Å². The van der Waals surface area contributed by atoms with Gasteiger partial charge in [0.05, 0.1) is 13.2 Å². The van der Waals surface area contributed by atoms with E-state index in [2.05, 4.69) is 22.0 Å². The Morgan fingerprint density at radius 2 is 2.03 bits per heavy atom. The Hall–Kier alpha value is -2.16. The maximum Gasteiger partial charge on any atom is 0.244 e. The number of benzene rings is 1. The van der Waals surface area contributed by atoms with Gasteiger partial charge in [-0.2, -0.15) is 4.31 Å². The number of piperidine rings is 1. The molecular formula is C28H33N3O4S. The van der Waals surface area contributed by atoms with Crippen LogP contribution in [0.3, 0.4) is 0 Å². The van der Waals surface area contributed by atoms with E-state index >= 15 is 0 Å². The summed E-state index contributed by atoms with van der Waals surface area (Å²) in [6.07, 6.45) is 10.5. The molecule has 1 aromatic heterocycles. The SMILES string of the molecule is COc1ccc2c3c1O[C@H]1[C@H]4CC[C@@]5(CCN4S(=O)(=O)c4cccnc4)[C@@H](C2)N(CC2CC2)CC[C@]315. The van der Waals surface area contributed by atoms with Gasteiger partial charge in [-0.3, -0.25) is 9.88 Å². The lowest BCUT2D eigenvalue weighted by molar-refractivity contribution is -0.128. The average molecular weight is 508 g/mol. The zero-order chi connectivity index (χ0) is 24.3. The molecule has 3 aliphatic carbocycles. The summed E-state index contributed by atoms with van der Waals surface area (Å²) in [7, 11) is -1.98. The van der Waals surface area contributed by atoms with Gasteiger partial charge in [0.15, 0.2) is 11.5 Å². The smallest absolute Gasteiger partial charge is 0.244 e. The maximum atomic E-state index is 14.0. The van der Waals surface area contributed by atoms with Gasteiger partial charge in [0.25, 0.3) is 0 Å². The first kappa shape index (κ1) is 21.9. The highest BCUT2D eigenvalue weighted by atomic mass is 32.2. The van der Waals surface area contributed by atoms with Gasteiger partial charge in [-0.1, -0.05) is 6.07 Å². The third kappa shape index (κ3) is 2.56. The second-order valence-electron chi connectivity index (χ2n) is 11.9. The van der Waals surface area contributed by atoms with E-state index in [-0.39, 0.29) is 27.9 Å². The van der Waals surface area contributed by atoms with Crippen LogP contribution in [-0.4, -0.2) is 67.5 Å². The van der Waals surface area contributed by atoms with Gasteiger partial charge in [-0.05, 0) is 81.2 Å². The van der Waals surface area contributed by atoms with Crippen molar-refractivity contribution in [2.45, 2.75) is 73.4 Å². The fourth-order valence-corrected chi connectivity index (χ4v) is 10.7. The zero-order valence-corrected chi connectivity index (χ0v) is 21.5. The Kier molecular flexibility index (Phi) is 4.40. The Morgan fingerprint density at radius 1 is 1.14 bits per heavy atom. The van der Waals surface area contributed by atoms with Crippen molar-refractivity contribution in [3.8, 4) is 11.5 Å². The monoisotopic (exact) mass is 507 g/mol. The molecule has 2 spiro atoms. The number of hydrogen-bond donors (Lipinski definition) is 0. The summed E-state index contributed by atoms with van der Waals surface area (Å²) < 4.78 is 42.6. The molecule has 0 unspecified atom stereocenters. The highest BCUT2D eigenvalue weighted by molar-refractivity contribution is 7.89. The van der Waals surface area contributed by atoms with Crippen LogP contribution < -0.4 is 9.47 Å². The van der Waals surface area contributed by atoms with Gasteiger partial charge in [-0.25, -0.2) is 8.42 Å². The van der Waals surface area contributed by atoms with Crippen LogP contribution in [-0.2, 0) is 21.9 Å². The molecule has 7 aliphatic rings. The third-order valence-corrected chi connectivity index (χ3v) is 12.5. The molecule has 9 rings (SSSR count). The van der Waals surface area contributed by atoms with Crippen LogP contribution in [0.25, 0.3) is 0 Å². The summed E-state index contributed by atoms with van der Waals surface area (Å²) in [5, 5.41) is 0. The van der Waals surface area contributed by atoms with Gasteiger partial charge in [-0.15, -0.1) is 0 Å². The predicted molar refractivity (Wildman–Crippen MR) is 134 cm³/mol. The summed E-state index contributed by atoms with van der Waals surface area (Å²) in [5.41, 5.74) is 2.60. The molecule has 5 heterocycles. The summed E-state index contributed by atoms with van der Waals surface area (Å²) >= 11 is 0. The minimum Gasteiger partial charge on any atom is -0.493 e. The van der Waals surface area contributed by atoms with Gasteiger partial charge in [0, 0.05) is 47.9 Å². The molecule has 5 atom stereocenters. The van der Waals surface area contributed by atoms with Gasteiger partial charge >= 0.3 is 0 Å². The van der Waals surface area contributed by atoms with Crippen molar-refractivity contribution in [2.75, 3.05) is 26.7 Å². The minimum absolute atomic E-state index is 0.0190. The van der Waals surface area contributed by atoms with Gasteiger partial charge < -0.3 is 9.47 Å². The fraction of sp³-hybridized carbons (Fsp3) is 0.607. The first-order chi connectivity index (χ1) is 17.5. The number of aromatic nitrogens is 1. The van der Waals surface area contributed by atoms with Crippen molar-refractivity contribution >= 4 is 10.0 Å². The van der Waals surface area contributed by atoms with E-state index in [0.717, 1.165) is 56.1 Å². The van der Waals surface area contributed by atoms with E-state index in [0.29, 0.717) is 12.6 Å². The van der Waals surface area contributed by atoms with Gasteiger partial charge in [0.2, 0.25) is 10.0 Å². The highest BCUT2D eigenvalue weighted by Gasteiger charge is 2.75. The van der Waals surface area contributed by atoms with Crippen molar-refractivity contribution in [2.24, 2.45) is 11.3 Å². The number of sulfonamides is 1. The lowest BCUT2D eigenvalue weighted by Gasteiger charge is -2.66. The summed E-state index contributed by atoms with van der Waals surface area (Å²) in [6.45, 7) is 2.81. The van der Waals surface area contributed by atoms with E-state index in [1.54, 1.807) is 29.7 Å². The van der Waals surface area contributed by atoms with Crippen molar-refractivity contribution in [3.05, 3.63) is 47.8 Å². The molecule has 0 amide bonds. The van der Waals surface area contributed by atoms with E-state index in [9.17, 15) is 8.42 Å². The fourth-order valence-electron chi connectivity index (χ4n) is 9.04.